The quantitative estimate of drug-likeness (QED) is 0.143. The highest BCUT2D eigenvalue weighted by Crippen LogP contribution is 2.38. The maximum absolute atomic E-state index is 6.32. The minimum Gasteiger partial charge on any atom is -0.439 e. The Labute approximate surface area is 346 Å². The number of para-hydroxylation sites is 2. The number of fused-ring (bicyclic) bond motifs is 6. The van der Waals surface area contributed by atoms with Gasteiger partial charge in [-0.25, -0.2) is 19.9 Å². The van der Waals surface area contributed by atoms with Crippen LogP contribution < -0.4 is 9.47 Å². The average molecular weight is 771 g/mol. The van der Waals surface area contributed by atoms with Gasteiger partial charge in [0.2, 0.25) is 11.8 Å². The van der Waals surface area contributed by atoms with Gasteiger partial charge in [-0.1, -0.05) is 158 Å². The highest BCUT2D eigenvalue weighted by atomic mass is 16.5. The Kier molecular flexibility index (Phi) is 8.71. The lowest BCUT2D eigenvalue weighted by Gasteiger charge is -2.13. The van der Waals surface area contributed by atoms with Crippen molar-refractivity contribution in [1.82, 2.24) is 19.9 Å². The van der Waals surface area contributed by atoms with Crippen LogP contribution in [0.25, 0.3) is 88.4 Å². The molecular formula is C54H34N4O2. The second-order valence-electron chi connectivity index (χ2n) is 14.6. The second kappa shape index (κ2) is 14.9. The summed E-state index contributed by atoms with van der Waals surface area (Å²) >= 11 is 0. The van der Waals surface area contributed by atoms with Crippen LogP contribution in [0.4, 0.5) is 0 Å². The summed E-state index contributed by atoms with van der Waals surface area (Å²) in [6.45, 7) is 0. The molecule has 4 aromatic heterocycles. The first kappa shape index (κ1) is 35.0. The molecule has 0 unspecified atom stereocenters. The van der Waals surface area contributed by atoms with Crippen molar-refractivity contribution in [2.24, 2.45) is 0 Å². The van der Waals surface area contributed by atoms with Crippen molar-refractivity contribution in [3.63, 3.8) is 0 Å². The third-order valence-corrected chi connectivity index (χ3v) is 10.8. The van der Waals surface area contributed by atoms with Gasteiger partial charge in [0.25, 0.3) is 0 Å². The van der Waals surface area contributed by atoms with E-state index < -0.39 is 0 Å². The average Bonchev–Trinajstić information content (AvgIpc) is 3.32. The first-order valence-electron chi connectivity index (χ1n) is 19.9. The highest BCUT2D eigenvalue weighted by molar-refractivity contribution is 6.10. The zero-order valence-corrected chi connectivity index (χ0v) is 32.2. The lowest BCUT2D eigenvalue weighted by atomic mass is 9.99. The van der Waals surface area contributed by atoms with Crippen molar-refractivity contribution in [3.8, 4) is 68.0 Å². The SMILES string of the molecule is c1ccc(Oc2cc(-c3ccccc3)c3ccc4ccc(-c5ccc(-c6ccc7ccc8c(-c9ccccc9)cc(Oc9ccccc9)nc8c7n6)cc5)nc4c3n2)cc1. The molecule has 0 saturated carbocycles. The number of benzene rings is 7. The Balaban J connectivity index is 0.988. The molecule has 11 aromatic rings. The van der Waals surface area contributed by atoms with E-state index in [0.29, 0.717) is 11.8 Å². The smallest absolute Gasteiger partial charge is 0.220 e. The van der Waals surface area contributed by atoms with Gasteiger partial charge in [-0.15, -0.1) is 0 Å². The van der Waals surface area contributed by atoms with E-state index in [1.165, 1.54) is 0 Å². The van der Waals surface area contributed by atoms with Crippen molar-refractivity contribution < 1.29 is 9.47 Å². The molecule has 11 rings (SSSR count). The van der Waals surface area contributed by atoms with E-state index in [0.717, 1.165) is 99.9 Å². The third-order valence-electron chi connectivity index (χ3n) is 10.8. The fourth-order valence-electron chi connectivity index (χ4n) is 7.87. The van der Waals surface area contributed by atoms with Gasteiger partial charge in [0.15, 0.2) is 0 Å². The molecule has 6 nitrogen and oxygen atoms in total. The first-order valence-corrected chi connectivity index (χ1v) is 19.9. The molecule has 0 fully saturated rings. The topological polar surface area (TPSA) is 70.0 Å². The molecule has 282 valence electrons. The summed E-state index contributed by atoms with van der Waals surface area (Å²) in [5.74, 6) is 2.47. The van der Waals surface area contributed by atoms with Crippen LogP contribution >= 0.6 is 0 Å². The number of rotatable bonds is 8. The molecule has 4 heterocycles. The predicted octanol–water partition coefficient (Wildman–Crippen LogP) is 14.1. The lowest BCUT2D eigenvalue weighted by Crippen LogP contribution is -1.95. The molecule has 0 aliphatic heterocycles. The Bertz CT molecular complexity index is 3120. The van der Waals surface area contributed by atoms with Gasteiger partial charge >= 0.3 is 0 Å². The van der Waals surface area contributed by atoms with Gasteiger partial charge < -0.3 is 9.47 Å². The molecule has 0 amide bonds. The van der Waals surface area contributed by atoms with Crippen LogP contribution in [0, 0.1) is 0 Å². The number of pyridine rings is 4. The number of nitrogens with zero attached hydrogens (tertiary/aromatic N) is 4. The van der Waals surface area contributed by atoms with E-state index in [1.807, 2.05) is 109 Å². The van der Waals surface area contributed by atoms with Crippen LogP contribution in [-0.4, -0.2) is 19.9 Å². The van der Waals surface area contributed by atoms with Gasteiger partial charge in [-0.2, -0.15) is 0 Å². The summed E-state index contributed by atoms with van der Waals surface area (Å²) in [6.07, 6.45) is 0. The number of aromatic nitrogens is 4. The van der Waals surface area contributed by atoms with Crippen molar-refractivity contribution in [1.29, 1.82) is 0 Å². The zero-order chi connectivity index (χ0) is 39.8. The fourth-order valence-corrected chi connectivity index (χ4v) is 7.87. The highest BCUT2D eigenvalue weighted by Gasteiger charge is 2.17. The van der Waals surface area contributed by atoms with Crippen molar-refractivity contribution in [2.75, 3.05) is 0 Å². The number of hydrogen-bond donors (Lipinski definition) is 0. The number of ether oxygens (including phenoxy) is 2. The molecule has 0 radical (unpaired) electrons. The van der Waals surface area contributed by atoms with Crippen LogP contribution in [0.3, 0.4) is 0 Å². The third kappa shape index (κ3) is 6.62. The maximum Gasteiger partial charge on any atom is 0.220 e. The van der Waals surface area contributed by atoms with E-state index in [-0.39, 0.29) is 0 Å². The van der Waals surface area contributed by atoms with Crippen LogP contribution in [0.15, 0.2) is 206 Å². The zero-order valence-electron chi connectivity index (χ0n) is 32.2. The van der Waals surface area contributed by atoms with E-state index in [2.05, 4.69) is 97.1 Å². The van der Waals surface area contributed by atoms with E-state index >= 15 is 0 Å². The molecule has 60 heavy (non-hydrogen) atoms. The van der Waals surface area contributed by atoms with E-state index in [1.54, 1.807) is 0 Å². The summed E-state index contributed by atoms with van der Waals surface area (Å²) in [5.41, 5.74) is 11.1. The van der Waals surface area contributed by atoms with E-state index in [4.69, 9.17) is 29.4 Å². The Morgan fingerprint density at radius 1 is 0.283 bits per heavy atom. The summed E-state index contributed by atoms with van der Waals surface area (Å²) in [7, 11) is 0. The Morgan fingerprint density at radius 3 is 1.05 bits per heavy atom. The molecular weight excluding hydrogens is 737 g/mol. The van der Waals surface area contributed by atoms with Gasteiger partial charge in [0, 0.05) is 44.8 Å². The Hall–Kier alpha value is -8.22. The molecule has 0 atom stereocenters. The minimum absolute atomic E-state index is 0.513. The molecule has 0 spiro atoms. The van der Waals surface area contributed by atoms with Crippen molar-refractivity contribution >= 4 is 43.6 Å². The van der Waals surface area contributed by atoms with Crippen molar-refractivity contribution in [2.45, 2.75) is 0 Å². The standard InChI is InChI=1S/C54H34N4O2/c1-5-13-35(14-6-1)45-33-49(59-41-17-9-3-10-18-41)57-53-43(45)29-25-39-27-31-47(55-51(39)53)37-21-23-38(24-22-37)48-32-28-40-26-30-44-46(36-15-7-2-8-16-36)34-50(58-54(44)52(40)56-48)60-42-19-11-4-12-20-42/h1-34H. The number of hydrogen-bond acceptors (Lipinski definition) is 6. The van der Waals surface area contributed by atoms with Crippen molar-refractivity contribution in [3.05, 3.63) is 206 Å². The summed E-state index contributed by atoms with van der Waals surface area (Å²) in [4.78, 5) is 20.6. The predicted molar refractivity (Wildman–Crippen MR) is 242 cm³/mol. The normalized spacial score (nSPS) is 11.3. The summed E-state index contributed by atoms with van der Waals surface area (Å²) in [6, 6.07) is 69.5. The molecule has 6 heteroatoms. The first-order chi connectivity index (χ1) is 29.7. The van der Waals surface area contributed by atoms with Gasteiger partial charge in [-0.05, 0) is 58.7 Å². The maximum atomic E-state index is 6.32. The molecule has 0 saturated heterocycles. The van der Waals surface area contributed by atoms with Crippen LogP contribution in [0.2, 0.25) is 0 Å². The van der Waals surface area contributed by atoms with Crippen LogP contribution in [-0.2, 0) is 0 Å². The fraction of sp³-hybridized carbons (Fsp3) is 0. The van der Waals surface area contributed by atoms with Gasteiger partial charge in [-0.3, -0.25) is 0 Å². The molecule has 0 N–H and O–H groups in total. The minimum atomic E-state index is 0.513. The molecule has 0 aliphatic rings. The monoisotopic (exact) mass is 770 g/mol. The molecule has 7 aromatic carbocycles. The Morgan fingerprint density at radius 2 is 0.650 bits per heavy atom. The van der Waals surface area contributed by atoms with E-state index in [9.17, 15) is 0 Å². The lowest BCUT2D eigenvalue weighted by molar-refractivity contribution is 0.465. The van der Waals surface area contributed by atoms with Crippen LogP contribution in [0.1, 0.15) is 0 Å². The van der Waals surface area contributed by atoms with Crippen LogP contribution in [0.5, 0.6) is 23.3 Å². The summed E-state index contributed by atoms with van der Waals surface area (Å²) in [5, 5.41) is 4.02. The largest absolute Gasteiger partial charge is 0.439 e. The van der Waals surface area contributed by atoms with Gasteiger partial charge in [0.05, 0.1) is 22.4 Å². The molecule has 0 aliphatic carbocycles. The van der Waals surface area contributed by atoms with Gasteiger partial charge in [0.1, 0.15) is 22.5 Å². The summed E-state index contributed by atoms with van der Waals surface area (Å²) < 4.78 is 12.6. The molecule has 0 bridgehead atoms. The second-order valence-corrected chi connectivity index (χ2v) is 14.6.